The van der Waals surface area contributed by atoms with Crippen molar-refractivity contribution in [3.63, 3.8) is 0 Å². The predicted octanol–water partition coefficient (Wildman–Crippen LogP) is 2.43. The lowest BCUT2D eigenvalue weighted by Crippen LogP contribution is -2.47. The van der Waals surface area contributed by atoms with Crippen LogP contribution < -0.4 is 10.6 Å². The van der Waals surface area contributed by atoms with E-state index < -0.39 is 11.7 Å². The van der Waals surface area contributed by atoms with Gasteiger partial charge < -0.3 is 15.4 Å². The van der Waals surface area contributed by atoms with Gasteiger partial charge in [-0.05, 0) is 13.3 Å². The summed E-state index contributed by atoms with van der Waals surface area (Å²) in [6.07, 6.45) is -0.882. The zero-order valence-corrected chi connectivity index (χ0v) is 15.6. The second-order valence-electron chi connectivity index (χ2n) is 7.07. The Labute approximate surface area is 160 Å². The summed E-state index contributed by atoms with van der Waals surface area (Å²) < 4.78 is 46.1. The predicted molar refractivity (Wildman–Crippen MR) is 96.7 cm³/mol. The van der Waals surface area contributed by atoms with Crippen molar-refractivity contribution in [2.45, 2.75) is 31.6 Å². The molecule has 0 aliphatic carbocycles. The molecule has 4 heterocycles. The monoisotopic (exact) mass is 397 g/mol. The van der Waals surface area contributed by atoms with Crippen molar-refractivity contribution in [3.05, 3.63) is 23.7 Å². The summed E-state index contributed by atoms with van der Waals surface area (Å²) in [6.45, 7) is 5.34. The summed E-state index contributed by atoms with van der Waals surface area (Å²) in [5, 5.41) is 10.0. The van der Waals surface area contributed by atoms with E-state index in [0.717, 1.165) is 44.6 Å². The van der Waals surface area contributed by atoms with Gasteiger partial charge in [0.15, 0.2) is 0 Å². The average molecular weight is 397 g/mol. The van der Waals surface area contributed by atoms with E-state index in [-0.39, 0.29) is 17.8 Å². The molecule has 2 fully saturated rings. The molecule has 11 heteroatoms. The second-order valence-corrected chi connectivity index (χ2v) is 7.07. The molecule has 2 aliphatic heterocycles. The molecule has 0 aromatic carbocycles. The minimum absolute atomic E-state index is 0.0830. The van der Waals surface area contributed by atoms with Crippen LogP contribution in [0.5, 0.6) is 0 Å². The number of likely N-dealkylation sites (tertiary alicyclic amines) is 1. The van der Waals surface area contributed by atoms with Gasteiger partial charge in [-0.3, -0.25) is 9.58 Å². The fourth-order valence-electron chi connectivity index (χ4n) is 3.50. The smallest absolute Gasteiger partial charge is 0.378 e. The van der Waals surface area contributed by atoms with Gasteiger partial charge >= 0.3 is 6.18 Å². The normalized spacial score (nSPS) is 21.0. The number of ether oxygens (including phenoxy) is 1. The highest BCUT2D eigenvalue weighted by molar-refractivity contribution is 5.57. The Morgan fingerprint density at radius 3 is 2.68 bits per heavy atom. The third-order valence-electron chi connectivity index (χ3n) is 5.20. The highest BCUT2D eigenvalue weighted by Crippen LogP contribution is 2.34. The fourth-order valence-corrected chi connectivity index (χ4v) is 3.50. The molecule has 0 amide bonds. The highest BCUT2D eigenvalue weighted by atomic mass is 19.4. The van der Waals surface area contributed by atoms with Crippen LogP contribution in [0.15, 0.2) is 12.4 Å². The van der Waals surface area contributed by atoms with Crippen LogP contribution in [0.3, 0.4) is 0 Å². The molecule has 2 aromatic heterocycles. The van der Waals surface area contributed by atoms with Gasteiger partial charge in [0.05, 0.1) is 36.7 Å². The molecule has 0 saturated carbocycles. The van der Waals surface area contributed by atoms with E-state index in [1.165, 1.54) is 7.05 Å². The van der Waals surface area contributed by atoms with E-state index in [1.807, 2.05) is 17.8 Å². The Bertz CT molecular complexity index is 850. The first-order valence-corrected chi connectivity index (χ1v) is 9.11. The van der Waals surface area contributed by atoms with Gasteiger partial charge in [-0.1, -0.05) is 0 Å². The van der Waals surface area contributed by atoms with Crippen molar-refractivity contribution in [2.24, 2.45) is 0 Å². The van der Waals surface area contributed by atoms with E-state index in [9.17, 15) is 13.2 Å². The van der Waals surface area contributed by atoms with Gasteiger partial charge in [0.1, 0.15) is 11.4 Å². The van der Waals surface area contributed by atoms with E-state index in [2.05, 4.69) is 30.6 Å². The van der Waals surface area contributed by atoms with Crippen LogP contribution in [0.2, 0.25) is 0 Å². The third kappa shape index (κ3) is 3.63. The van der Waals surface area contributed by atoms with Gasteiger partial charge in [-0.15, -0.1) is 0 Å². The Morgan fingerprint density at radius 1 is 1.25 bits per heavy atom. The van der Waals surface area contributed by atoms with E-state index >= 15 is 0 Å². The number of aromatic nitrogens is 4. The zero-order valence-electron chi connectivity index (χ0n) is 15.6. The Balaban J connectivity index is 1.48. The number of anilines is 3. The van der Waals surface area contributed by atoms with Crippen molar-refractivity contribution in [1.82, 2.24) is 24.6 Å². The van der Waals surface area contributed by atoms with Crippen molar-refractivity contribution < 1.29 is 17.9 Å². The van der Waals surface area contributed by atoms with Crippen molar-refractivity contribution in [3.8, 4) is 0 Å². The third-order valence-corrected chi connectivity index (χ3v) is 5.20. The number of alkyl halides is 3. The van der Waals surface area contributed by atoms with Crippen molar-refractivity contribution in [1.29, 1.82) is 0 Å². The molecule has 28 heavy (non-hydrogen) atoms. The lowest BCUT2D eigenvalue weighted by Gasteiger charge is -2.34. The van der Waals surface area contributed by atoms with Crippen LogP contribution >= 0.6 is 0 Å². The van der Waals surface area contributed by atoms with E-state index in [0.29, 0.717) is 11.7 Å². The molecule has 4 rings (SSSR count). The Hall–Kier alpha value is -2.40. The molecule has 2 N–H and O–H groups in total. The largest absolute Gasteiger partial charge is 0.421 e. The molecule has 2 aliphatic rings. The van der Waals surface area contributed by atoms with Crippen LogP contribution in [-0.4, -0.2) is 64.0 Å². The molecule has 8 nitrogen and oxygen atoms in total. The standard InChI is InChI=1S/C17H22F3N7O/c1-10-14(23-16-22-5-13(17(18,19)20)15(21-2)24-16)7-27(25-10)11-3-4-26(6-11)12-8-28-9-12/h5,7,11-12H,3-4,6,8-9H2,1-2H3,(H2,21,22,23,24)/t11-/m1/s1. The number of rotatable bonds is 5. The minimum Gasteiger partial charge on any atom is -0.378 e. The van der Waals surface area contributed by atoms with Gasteiger partial charge in [0.25, 0.3) is 0 Å². The molecule has 1 atom stereocenters. The first kappa shape index (κ1) is 18.9. The van der Waals surface area contributed by atoms with Crippen LogP contribution in [-0.2, 0) is 10.9 Å². The lowest BCUT2D eigenvalue weighted by molar-refractivity contribution is -0.137. The molecule has 0 spiro atoms. The van der Waals surface area contributed by atoms with Crippen LogP contribution in [0.25, 0.3) is 0 Å². The topological polar surface area (TPSA) is 80.1 Å². The lowest BCUT2D eigenvalue weighted by atomic mass is 10.2. The van der Waals surface area contributed by atoms with Crippen molar-refractivity contribution in [2.75, 3.05) is 44.0 Å². The second kappa shape index (κ2) is 7.21. The summed E-state index contributed by atoms with van der Waals surface area (Å²) in [7, 11) is 1.39. The van der Waals surface area contributed by atoms with E-state index in [1.54, 1.807) is 0 Å². The molecular weight excluding hydrogens is 375 g/mol. The van der Waals surface area contributed by atoms with Gasteiger partial charge in [-0.25, -0.2) is 4.98 Å². The number of nitrogens with one attached hydrogen (secondary N) is 2. The number of nitrogens with zero attached hydrogens (tertiary/aromatic N) is 5. The number of halogens is 3. The summed E-state index contributed by atoms with van der Waals surface area (Å²) in [4.78, 5) is 10.2. The van der Waals surface area contributed by atoms with Crippen LogP contribution in [0, 0.1) is 6.92 Å². The number of aryl methyl sites for hydroxylation is 1. The van der Waals surface area contributed by atoms with Gasteiger partial charge in [0.2, 0.25) is 5.95 Å². The Morgan fingerprint density at radius 2 is 2.04 bits per heavy atom. The summed E-state index contributed by atoms with van der Waals surface area (Å²) in [5.74, 6) is -0.191. The molecule has 0 bridgehead atoms. The maximum Gasteiger partial charge on any atom is 0.421 e. The number of hydrogen-bond donors (Lipinski definition) is 2. The number of hydrogen-bond acceptors (Lipinski definition) is 7. The first-order chi connectivity index (χ1) is 13.3. The van der Waals surface area contributed by atoms with E-state index in [4.69, 9.17) is 4.74 Å². The average Bonchev–Trinajstić information content (AvgIpc) is 3.20. The maximum absolute atomic E-state index is 13.0. The molecular formula is C17H22F3N7O. The van der Waals surface area contributed by atoms with Crippen LogP contribution in [0.4, 0.5) is 30.6 Å². The van der Waals surface area contributed by atoms with Crippen molar-refractivity contribution >= 4 is 17.5 Å². The summed E-state index contributed by atoms with van der Waals surface area (Å²) in [5.41, 5.74) is 0.506. The highest BCUT2D eigenvalue weighted by Gasteiger charge is 2.35. The van der Waals surface area contributed by atoms with Gasteiger partial charge in [-0.2, -0.15) is 23.3 Å². The quantitative estimate of drug-likeness (QED) is 0.802. The summed E-state index contributed by atoms with van der Waals surface area (Å²) in [6, 6.07) is 0.760. The van der Waals surface area contributed by atoms with Gasteiger partial charge in [0, 0.05) is 32.5 Å². The molecule has 152 valence electrons. The maximum atomic E-state index is 13.0. The zero-order chi connectivity index (χ0) is 19.9. The first-order valence-electron chi connectivity index (χ1n) is 9.11. The SMILES string of the molecule is CNc1nc(Nc2cn([C@@H]3CCN(C4COC4)C3)nc2C)ncc1C(F)(F)F. The summed E-state index contributed by atoms with van der Waals surface area (Å²) >= 11 is 0. The molecule has 0 unspecified atom stereocenters. The molecule has 2 aromatic rings. The Kier molecular flexibility index (Phi) is 4.88. The minimum atomic E-state index is -4.52. The van der Waals surface area contributed by atoms with Crippen LogP contribution in [0.1, 0.15) is 23.7 Å². The molecule has 0 radical (unpaired) electrons. The fraction of sp³-hybridized carbons (Fsp3) is 0.588. The molecule has 2 saturated heterocycles.